The first-order valence-electron chi connectivity index (χ1n) is 12.5. The highest BCUT2D eigenvalue weighted by Crippen LogP contribution is 2.48. The summed E-state index contributed by atoms with van der Waals surface area (Å²) in [6.45, 7) is 3.81. The summed E-state index contributed by atoms with van der Waals surface area (Å²) < 4.78 is -0.644. The minimum Gasteiger partial charge on any atom is -0.368 e. The number of hydrogen-bond donors (Lipinski definition) is 3. The topological polar surface area (TPSA) is 101 Å². The molecule has 0 aliphatic heterocycles. The van der Waals surface area contributed by atoms with Crippen molar-refractivity contribution in [1.82, 2.24) is 10.6 Å². The number of carbonyl (C=O) groups excluding carboxylic acids is 3. The molecule has 0 spiro atoms. The Bertz CT molecular complexity index is 1060. The van der Waals surface area contributed by atoms with Crippen molar-refractivity contribution >= 4 is 29.5 Å². The van der Waals surface area contributed by atoms with Crippen LogP contribution in [0.2, 0.25) is 0 Å². The van der Waals surface area contributed by atoms with Gasteiger partial charge < -0.3 is 16.4 Å². The Balaban J connectivity index is 2.01. The zero-order chi connectivity index (χ0) is 26.7. The summed E-state index contributed by atoms with van der Waals surface area (Å²) in [5, 5.41) is 5.47. The molecule has 0 heterocycles. The molecule has 0 aliphatic carbocycles. The lowest BCUT2D eigenvalue weighted by molar-refractivity contribution is -0.129. The molecule has 3 amide bonds. The van der Waals surface area contributed by atoms with Gasteiger partial charge in [0.05, 0.1) is 11.3 Å². The summed E-state index contributed by atoms with van der Waals surface area (Å²) >= 11 is 1.57. The molecule has 3 aromatic rings. The molecular formula is C30H35N3O3S. The Morgan fingerprint density at radius 3 is 1.68 bits per heavy atom. The van der Waals surface area contributed by atoms with Gasteiger partial charge in [0.15, 0.2) is 0 Å². The molecule has 194 valence electrons. The zero-order valence-corrected chi connectivity index (χ0v) is 22.2. The Hall–Kier alpha value is -3.58. The van der Waals surface area contributed by atoms with Crippen molar-refractivity contribution in [3.63, 3.8) is 0 Å². The maximum atomic E-state index is 13.1. The van der Waals surface area contributed by atoms with Gasteiger partial charge in [-0.15, -0.1) is 11.8 Å². The lowest BCUT2D eigenvalue weighted by Crippen LogP contribution is -2.50. The number of thioether (sulfide) groups is 1. The van der Waals surface area contributed by atoms with Gasteiger partial charge in [-0.1, -0.05) is 105 Å². The van der Waals surface area contributed by atoms with Crippen LogP contribution in [0.1, 0.15) is 43.4 Å². The van der Waals surface area contributed by atoms with Crippen LogP contribution in [0.3, 0.4) is 0 Å². The van der Waals surface area contributed by atoms with Gasteiger partial charge in [-0.25, -0.2) is 0 Å². The van der Waals surface area contributed by atoms with Gasteiger partial charge in [0, 0.05) is 12.2 Å². The lowest BCUT2D eigenvalue weighted by atomic mass is 9.84. The molecule has 0 bridgehead atoms. The van der Waals surface area contributed by atoms with Crippen LogP contribution < -0.4 is 16.4 Å². The van der Waals surface area contributed by atoms with Gasteiger partial charge >= 0.3 is 0 Å². The van der Waals surface area contributed by atoms with Gasteiger partial charge in [-0.2, -0.15) is 0 Å². The fourth-order valence-electron chi connectivity index (χ4n) is 4.14. The smallest absolute Gasteiger partial charge is 0.243 e. The molecule has 37 heavy (non-hydrogen) atoms. The fraction of sp³-hybridized carbons (Fsp3) is 0.300. The number of nitrogens with two attached hydrogens (primary N) is 1. The first-order chi connectivity index (χ1) is 17.8. The molecule has 3 rings (SSSR count). The number of primary amides is 1. The zero-order valence-electron chi connectivity index (χ0n) is 21.4. The molecule has 1 atom stereocenters. The van der Waals surface area contributed by atoms with Crippen molar-refractivity contribution < 1.29 is 14.4 Å². The van der Waals surface area contributed by atoms with E-state index in [1.807, 2.05) is 68.4 Å². The molecule has 0 unspecified atom stereocenters. The van der Waals surface area contributed by atoms with Crippen molar-refractivity contribution in [1.29, 1.82) is 0 Å². The summed E-state index contributed by atoms with van der Waals surface area (Å²) in [5.74, 6) is -0.635. The molecule has 0 aliphatic rings. The van der Waals surface area contributed by atoms with E-state index in [2.05, 4.69) is 47.0 Å². The van der Waals surface area contributed by atoms with Crippen molar-refractivity contribution in [3.8, 4) is 0 Å². The molecule has 4 N–H and O–H groups in total. The molecule has 0 saturated carbocycles. The van der Waals surface area contributed by atoms with Crippen molar-refractivity contribution in [2.75, 3.05) is 12.3 Å². The van der Waals surface area contributed by atoms with Gasteiger partial charge in [-0.05, 0) is 29.0 Å². The molecular weight excluding hydrogens is 482 g/mol. The lowest BCUT2D eigenvalue weighted by Gasteiger charge is -2.36. The molecule has 7 heteroatoms. The first kappa shape index (κ1) is 28.0. The second-order valence-electron chi connectivity index (χ2n) is 9.33. The SMILES string of the molecule is CC(C)CCC(=O)N[C@@H](CSC(c1ccccc1)(c1ccccc1)c1ccccc1)C(=O)NCC(N)=O. The van der Waals surface area contributed by atoms with Crippen LogP contribution in [-0.4, -0.2) is 36.1 Å². The number of amides is 3. The highest BCUT2D eigenvalue weighted by molar-refractivity contribution is 8.00. The van der Waals surface area contributed by atoms with Gasteiger partial charge in [0.25, 0.3) is 0 Å². The van der Waals surface area contributed by atoms with Crippen LogP contribution in [0.4, 0.5) is 0 Å². The maximum absolute atomic E-state index is 13.1. The van der Waals surface area contributed by atoms with E-state index in [0.29, 0.717) is 12.3 Å². The van der Waals surface area contributed by atoms with Crippen LogP contribution in [0.15, 0.2) is 91.0 Å². The number of rotatable bonds is 13. The van der Waals surface area contributed by atoms with Crippen LogP contribution in [0, 0.1) is 5.92 Å². The molecule has 0 fully saturated rings. The molecule has 3 aromatic carbocycles. The quantitative estimate of drug-likeness (QED) is 0.295. The van der Waals surface area contributed by atoms with E-state index in [-0.39, 0.29) is 18.2 Å². The average Bonchev–Trinajstić information content (AvgIpc) is 2.92. The second-order valence-corrected chi connectivity index (χ2v) is 10.6. The molecule has 0 saturated heterocycles. The normalized spacial score (nSPS) is 12.1. The van der Waals surface area contributed by atoms with E-state index < -0.39 is 22.6 Å². The third kappa shape index (κ3) is 7.70. The minimum absolute atomic E-state index is 0.196. The average molecular weight is 518 g/mol. The summed E-state index contributed by atoms with van der Waals surface area (Å²) in [5.41, 5.74) is 8.41. The largest absolute Gasteiger partial charge is 0.368 e. The number of hydrogen-bond acceptors (Lipinski definition) is 4. The number of benzene rings is 3. The summed E-state index contributed by atoms with van der Waals surface area (Å²) in [6, 6.07) is 29.6. The van der Waals surface area contributed by atoms with E-state index in [0.717, 1.165) is 23.1 Å². The molecule has 0 aromatic heterocycles. The molecule has 6 nitrogen and oxygen atoms in total. The number of nitrogens with one attached hydrogen (secondary N) is 2. The second kappa shape index (κ2) is 13.7. The highest BCUT2D eigenvalue weighted by atomic mass is 32.2. The van der Waals surface area contributed by atoms with Crippen LogP contribution >= 0.6 is 11.8 Å². The Kier molecular flexibility index (Phi) is 10.3. The maximum Gasteiger partial charge on any atom is 0.243 e. The van der Waals surface area contributed by atoms with E-state index in [9.17, 15) is 14.4 Å². The Labute approximate surface area is 223 Å². The fourth-order valence-corrected chi connectivity index (χ4v) is 5.70. The van der Waals surface area contributed by atoms with E-state index >= 15 is 0 Å². The third-order valence-corrected chi connectivity index (χ3v) is 7.68. The Morgan fingerprint density at radius 1 is 0.811 bits per heavy atom. The van der Waals surface area contributed by atoms with E-state index in [1.54, 1.807) is 11.8 Å². The summed E-state index contributed by atoms with van der Waals surface area (Å²) in [4.78, 5) is 37.2. The third-order valence-electron chi connectivity index (χ3n) is 6.04. The van der Waals surface area contributed by atoms with E-state index in [1.165, 1.54) is 0 Å². The van der Waals surface area contributed by atoms with Gasteiger partial charge in [0.2, 0.25) is 17.7 Å². The van der Waals surface area contributed by atoms with Gasteiger partial charge in [0.1, 0.15) is 6.04 Å². The molecule has 0 radical (unpaired) electrons. The van der Waals surface area contributed by atoms with E-state index in [4.69, 9.17) is 5.73 Å². The first-order valence-corrected chi connectivity index (χ1v) is 13.5. The minimum atomic E-state index is -0.848. The van der Waals surface area contributed by atoms with Crippen LogP contribution in [0.25, 0.3) is 0 Å². The van der Waals surface area contributed by atoms with Crippen molar-refractivity contribution in [2.45, 2.75) is 37.5 Å². The predicted molar refractivity (Wildman–Crippen MR) is 150 cm³/mol. The number of carbonyl (C=O) groups is 3. The van der Waals surface area contributed by atoms with Crippen molar-refractivity contribution in [2.24, 2.45) is 11.7 Å². The predicted octanol–water partition coefficient (Wildman–Crippen LogP) is 4.23. The highest BCUT2D eigenvalue weighted by Gasteiger charge is 2.38. The van der Waals surface area contributed by atoms with Crippen LogP contribution in [0.5, 0.6) is 0 Å². The van der Waals surface area contributed by atoms with Crippen LogP contribution in [-0.2, 0) is 19.1 Å². The standard InChI is InChI=1S/C30H35N3O3S/c1-22(2)18-19-28(35)33-26(29(36)32-20-27(31)34)21-37-30(23-12-6-3-7-13-23,24-14-8-4-9-15-24)25-16-10-5-11-17-25/h3-17,22,26H,18-21H2,1-2H3,(H2,31,34)(H,32,36)(H,33,35)/t26-/m0/s1. The summed E-state index contributed by atoms with van der Waals surface area (Å²) in [6.07, 6.45) is 1.04. The monoisotopic (exact) mass is 517 g/mol. The Morgan fingerprint density at radius 2 is 1.27 bits per heavy atom. The summed E-state index contributed by atoms with van der Waals surface area (Å²) in [7, 11) is 0. The van der Waals surface area contributed by atoms with Crippen molar-refractivity contribution in [3.05, 3.63) is 108 Å². The van der Waals surface area contributed by atoms with Gasteiger partial charge in [-0.3, -0.25) is 14.4 Å².